The van der Waals surface area contributed by atoms with E-state index in [0.29, 0.717) is 0 Å². The number of rotatable bonds is 6. The summed E-state index contributed by atoms with van der Waals surface area (Å²) in [5.41, 5.74) is 2.29. The van der Waals surface area contributed by atoms with Crippen molar-refractivity contribution in [3.8, 4) is 0 Å². The van der Waals surface area contributed by atoms with E-state index < -0.39 is 0 Å². The van der Waals surface area contributed by atoms with Gasteiger partial charge in [-0.3, -0.25) is 4.98 Å². The Morgan fingerprint density at radius 1 is 1.22 bits per heavy atom. The number of nitrogens with one attached hydrogen (secondary N) is 1. The molecule has 5 heteroatoms. The van der Waals surface area contributed by atoms with Gasteiger partial charge in [0.2, 0.25) is 0 Å². The molecule has 18 heavy (non-hydrogen) atoms. The molecule has 2 aromatic heterocycles. The summed E-state index contributed by atoms with van der Waals surface area (Å²) >= 11 is 1.66. The molecule has 0 spiro atoms. The highest BCUT2D eigenvalue weighted by Gasteiger charge is 1.97. The molecule has 2 heterocycles. The van der Waals surface area contributed by atoms with Gasteiger partial charge >= 0.3 is 0 Å². The van der Waals surface area contributed by atoms with Crippen LogP contribution >= 0.6 is 11.8 Å². The molecular formula is C13H16N4S. The molecule has 0 atom stereocenters. The topological polar surface area (TPSA) is 50.7 Å². The Balaban J connectivity index is 1.63. The van der Waals surface area contributed by atoms with Crippen LogP contribution in [-0.2, 0) is 6.54 Å². The SMILES string of the molecule is Cc1cnc(SCCNCc2cccnc2)nc1. The maximum atomic E-state index is 4.25. The highest BCUT2D eigenvalue weighted by atomic mass is 32.2. The van der Waals surface area contributed by atoms with E-state index in [0.717, 1.165) is 29.6 Å². The van der Waals surface area contributed by atoms with Gasteiger partial charge < -0.3 is 5.32 Å². The van der Waals surface area contributed by atoms with Crippen molar-refractivity contribution in [2.45, 2.75) is 18.6 Å². The van der Waals surface area contributed by atoms with Gasteiger partial charge in [-0.2, -0.15) is 0 Å². The average Bonchev–Trinajstić information content (AvgIpc) is 2.42. The molecule has 0 saturated heterocycles. The zero-order chi connectivity index (χ0) is 12.6. The van der Waals surface area contributed by atoms with Gasteiger partial charge in [0.05, 0.1) is 0 Å². The van der Waals surface area contributed by atoms with Crippen LogP contribution in [-0.4, -0.2) is 27.2 Å². The standard InChI is InChI=1S/C13H16N4S/c1-11-7-16-13(17-8-11)18-6-5-15-10-12-3-2-4-14-9-12/h2-4,7-9,15H,5-6,10H2,1H3. The summed E-state index contributed by atoms with van der Waals surface area (Å²) < 4.78 is 0. The Morgan fingerprint density at radius 2 is 2.06 bits per heavy atom. The summed E-state index contributed by atoms with van der Waals surface area (Å²) in [6, 6.07) is 4.02. The highest BCUT2D eigenvalue weighted by Crippen LogP contribution is 2.10. The third-order valence-corrected chi connectivity index (χ3v) is 3.20. The van der Waals surface area contributed by atoms with Crippen molar-refractivity contribution < 1.29 is 0 Å². The minimum absolute atomic E-state index is 0.837. The van der Waals surface area contributed by atoms with E-state index in [1.807, 2.05) is 31.6 Å². The van der Waals surface area contributed by atoms with Gasteiger partial charge in [-0.1, -0.05) is 17.8 Å². The van der Waals surface area contributed by atoms with Crippen LogP contribution in [0.25, 0.3) is 0 Å². The number of aromatic nitrogens is 3. The van der Waals surface area contributed by atoms with Crippen molar-refractivity contribution in [1.82, 2.24) is 20.3 Å². The highest BCUT2D eigenvalue weighted by molar-refractivity contribution is 7.99. The van der Waals surface area contributed by atoms with Crippen molar-refractivity contribution in [2.75, 3.05) is 12.3 Å². The molecule has 0 saturated carbocycles. The molecule has 0 aliphatic rings. The summed E-state index contributed by atoms with van der Waals surface area (Å²) in [6.07, 6.45) is 7.36. The molecule has 94 valence electrons. The molecule has 0 aromatic carbocycles. The van der Waals surface area contributed by atoms with E-state index in [-0.39, 0.29) is 0 Å². The van der Waals surface area contributed by atoms with E-state index in [4.69, 9.17) is 0 Å². The van der Waals surface area contributed by atoms with Gasteiger partial charge in [-0.15, -0.1) is 0 Å². The third-order valence-electron chi connectivity index (χ3n) is 2.32. The first-order chi connectivity index (χ1) is 8.84. The lowest BCUT2D eigenvalue weighted by atomic mass is 10.3. The van der Waals surface area contributed by atoms with Gasteiger partial charge in [0.15, 0.2) is 5.16 Å². The van der Waals surface area contributed by atoms with Crippen molar-refractivity contribution >= 4 is 11.8 Å². The maximum Gasteiger partial charge on any atom is 0.187 e. The zero-order valence-corrected chi connectivity index (χ0v) is 11.2. The summed E-state index contributed by atoms with van der Waals surface area (Å²) in [5, 5.41) is 4.20. The first-order valence-electron chi connectivity index (χ1n) is 5.85. The average molecular weight is 260 g/mol. The second kappa shape index (κ2) is 7.08. The van der Waals surface area contributed by atoms with E-state index >= 15 is 0 Å². The molecule has 0 aliphatic heterocycles. The number of hydrogen-bond donors (Lipinski definition) is 1. The second-order valence-corrected chi connectivity index (χ2v) is 4.99. The number of pyridine rings is 1. The lowest BCUT2D eigenvalue weighted by Crippen LogP contribution is -2.16. The second-order valence-electron chi connectivity index (χ2n) is 3.93. The van der Waals surface area contributed by atoms with Crippen LogP contribution in [0.4, 0.5) is 0 Å². The van der Waals surface area contributed by atoms with Crippen molar-refractivity contribution in [1.29, 1.82) is 0 Å². The first-order valence-corrected chi connectivity index (χ1v) is 6.84. The maximum absolute atomic E-state index is 4.25. The van der Waals surface area contributed by atoms with Gasteiger partial charge in [-0.25, -0.2) is 9.97 Å². The summed E-state index contributed by atoms with van der Waals surface area (Å²) in [5.74, 6) is 0.962. The molecule has 0 unspecified atom stereocenters. The van der Waals surface area contributed by atoms with E-state index in [1.54, 1.807) is 18.0 Å². The molecule has 0 amide bonds. The van der Waals surface area contributed by atoms with Crippen LogP contribution in [0.1, 0.15) is 11.1 Å². The van der Waals surface area contributed by atoms with E-state index in [2.05, 4.69) is 26.3 Å². The largest absolute Gasteiger partial charge is 0.312 e. The fourth-order valence-electron chi connectivity index (χ4n) is 1.41. The molecular weight excluding hydrogens is 244 g/mol. The molecule has 1 N–H and O–H groups in total. The number of thioether (sulfide) groups is 1. The smallest absolute Gasteiger partial charge is 0.187 e. The molecule has 0 bridgehead atoms. The minimum Gasteiger partial charge on any atom is -0.312 e. The Labute approximate surface area is 111 Å². The molecule has 4 nitrogen and oxygen atoms in total. The number of hydrogen-bond acceptors (Lipinski definition) is 5. The predicted octanol–water partition coefficient (Wildman–Crippen LogP) is 2.06. The lowest BCUT2D eigenvalue weighted by Gasteiger charge is -2.03. The zero-order valence-electron chi connectivity index (χ0n) is 10.3. The van der Waals surface area contributed by atoms with Gasteiger partial charge in [-0.05, 0) is 24.1 Å². The Kier molecular flexibility index (Phi) is 5.11. The van der Waals surface area contributed by atoms with Gasteiger partial charge in [0.25, 0.3) is 0 Å². The number of nitrogens with zero attached hydrogens (tertiary/aromatic N) is 3. The quantitative estimate of drug-likeness (QED) is 0.489. The molecule has 0 radical (unpaired) electrons. The Hall–Kier alpha value is -1.46. The fraction of sp³-hybridized carbons (Fsp3) is 0.308. The van der Waals surface area contributed by atoms with Crippen LogP contribution in [0.5, 0.6) is 0 Å². The molecule has 2 aromatic rings. The summed E-state index contributed by atoms with van der Waals surface area (Å²) in [4.78, 5) is 12.6. The van der Waals surface area contributed by atoms with Crippen LogP contribution in [0.15, 0.2) is 42.1 Å². The Morgan fingerprint density at radius 3 is 2.78 bits per heavy atom. The van der Waals surface area contributed by atoms with Gasteiger partial charge in [0, 0.05) is 43.6 Å². The van der Waals surface area contributed by atoms with E-state index in [1.165, 1.54) is 5.56 Å². The van der Waals surface area contributed by atoms with Crippen LogP contribution in [0.3, 0.4) is 0 Å². The van der Waals surface area contributed by atoms with Gasteiger partial charge in [0.1, 0.15) is 0 Å². The number of aryl methyl sites for hydroxylation is 1. The molecule has 0 aliphatic carbocycles. The van der Waals surface area contributed by atoms with Crippen LogP contribution < -0.4 is 5.32 Å². The predicted molar refractivity (Wildman–Crippen MR) is 73.4 cm³/mol. The van der Waals surface area contributed by atoms with Crippen molar-refractivity contribution in [3.05, 3.63) is 48.0 Å². The molecule has 0 fully saturated rings. The van der Waals surface area contributed by atoms with E-state index in [9.17, 15) is 0 Å². The summed E-state index contributed by atoms with van der Waals surface area (Å²) in [6.45, 7) is 3.77. The minimum atomic E-state index is 0.837. The molecule has 2 rings (SSSR count). The first kappa shape index (κ1) is 13.0. The van der Waals surface area contributed by atoms with Crippen LogP contribution in [0, 0.1) is 6.92 Å². The third kappa shape index (κ3) is 4.43. The van der Waals surface area contributed by atoms with Crippen molar-refractivity contribution in [2.24, 2.45) is 0 Å². The monoisotopic (exact) mass is 260 g/mol. The fourth-order valence-corrected chi connectivity index (χ4v) is 2.09. The Bertz CT molecular complexity index is 458. The summed E-state index contributed by atoms with van der Waals surface area (Å²) in [7, 11) is 0. The normalized spacial score (nSPS) is 10.5. The van der Waals surface area contributed by atoms with Crippen LogP contribution in [0.2, 0.25) is 0 Å². The van der Waals surface area contributed by atoms with Crippen molar-refractivity contribution in [3.63, 3.8) is 0 Å². The lowest BCUT2D eigenvalue weighted by molar-refractivity contribution is 0.728.